The number of nitrogens with one attached hydrogen (secondary N) is 1. The molecule has 0 radical (unpaired) electrons. The van der Waals surface area contributed by atoms with E-state index in [0.717, 1.165) is 19.3 Å². The molecular weight excluding hydrogens is 286 g/mol. The lowest BCUT2D eigenvalue weighted by Gasteiger charge is -2.15. The number of pyridine rings is 1. The molecule has 0 unspecified atom stereocenters. The first-order chi connectivity index (χ1) is 10.1. The van der Waals surface area contributed by atoms with Gasteiger partial charge in [0.05, 0.1) is 10.4 Å². The van der Waals surface area contributed by atoms with E-state index in [4.69, 9.17) is 5.73 Å². The van der Waals surface area contributed by atoms with E-state index in [-0.39, 0.29) is 10.3 Å². The van der Waals surface area contributed by atoms with Gasteiger partial charge in [-0.25, -0.2) is 13.1 Å². The fraction of sp³-hybridized carbons (Fsp3) is 0.400. The summed E-state index contributed by atoms with van der Waals surface area (Å²) < 4.78 is 27.9. The van der Waals surface area contributed by atoms with Gasteiger partial charge in [0.15, 0.2) is 0 Å². The van der Waals surface area contributed by atoms with Crippen molar-refractivity contribution in [3.05, 3.63) is 36.5 Å². The van der Waals surface area contributed by atoms with Crippen LogP contribution in [0, 0.1) is 5.41 Å². The fourth-order valence-corrected chi connectivity index (χ4v) is 4.00. The number of benzene rings is 1. The lowest BCUT2D eigenvalue weighted by Crippen LogP contribution is -2.31. The third-order valence-electron chi connectivity index (χ3n) is 4.16. The van der Waals surface area contributed by atoms with Crippen LogP contribution in [0.2, 0.25) is 0 Å². The van der Waals surface area contributed by atoms with Crippen LogP contribution in [-0.2, 0) is 10.0 Å². The zero-order valence-electron chi connectivity index (χ0n) is 11.7. The molecule has 3 rings (SSSR count). The average Bonchev–Trinajstić information content (AvgIpc) is 3.25. The highest BCUT2D eigenvalue weighted by Crippen LogP contribution is 2.48. The molecule has 1 aromatic heterocycles. The minimum absolute atomic E-state index is 0.0741. The van der Waals surface area contributed by atoms with E-state index in [9.17, 15) is 8.42 Å². The van der Waals surface area contributed by atoms with Crippen molar-refractivity contribution in [1.82, 2.24) is 9.71 Å². The number of hydrogen-bond acceptors (Lipinski definition) is 4. The lowest BCUT2D eigenvalue weighted by atomic mass is 10.0. The highest BCUT2D eigenvalue weighted by atomic mass is 32.2. The van der Waals surface area contributed by atoms with Gasteiger partial charge in [-0.1, -0.05) is 6.07 Å². The van der Waals surface area contributed by atoms with Gasteiger partial charge >= 0.3 is 0 Å². The van der Waals surface area contributed by atoms with Gasteiger partial charge in [-0.05, 0) is 55.5 Å². The molecular formula is C15H19N3O2S. The zero-order valence-corrected chi connectivity index (χ0v) is 12.6. The molecule has 1 aliphatic rings. The quantitative estimate of drug-likeness (QED) is 0.849. The molecule has 0 spiro atoms. The first-order valence-electron chi connectivity index (χ1n) is 7.10. The average molecular weight is 305 g/mol. The second kappa shape index (κ2) is 5.36. The van der Waals surface area contributed by atoms with E-state index in [0.29, 0.717) is 24.0 Å². The summed E-state index contributed by atoms with van der Waals surface area (Å²) in [7, 11) is -3.53. The largest absolute Gasteiger partial charge is 0.330 e. The molecule has 1 aromatic carbocycles. The first-order valence-corrected chi connectivity index (χ1v) is 8.58. The van der Waals surface area contributed by atoms with Crippen LogP contribution >= 0.6 is 0 Å². The third kappa shape index (κ3) is 2.92. The second-order valence-corrected chi connectivity index (χ2v) is 7.42. The number of nitrogens with zero attached hydrogens (tertiary/aromatic N) is 1. The third-order valence-corrected chi connectivity index (χ3v) is 5.62. The van der Waals surface area contributed by atoms with Gasteiger partial charge in [-0.2, -0.15) is 0 Å². The molecule has 112 valence electrons. The minimum Gasteiger partial charge on any atom is -0.330 e. The van der Waals surface area contributed by atoms with Crippen molar-refractivity contribution in [3.63, 3.8) is 0 Å². The summed E-state index contributed by atoms with van der Waals surface area (Å²) in [4.78, 5) is 4.49. The Bertz CT molecular complexity index is 749. The molecule has 0 amide bonds. The summed E-state index contributed by atoms with van der Waals surface area (Å²) in [6.07, 6.45) is 4.62. The van der Waals surface area contributed by atoms with Crippen molar-refractivity contribution in [2.75, 3.05) is 13.1 Å². The van der Waals surface area contributed by atoms with Crippen LogP contribution in [0.25, 0.3) is 10.9 Å². The summed E-state index contributed by atoms with van der Waals surface area (Å²) >= 11 is 0. The van der Waals surface area contributed by atoms with Crippen LogP contribution in [0.4, 0.5) is 0 Å². The van der Waals surface area contributed by atoms with Crippen molar-refractivity contribution < 1.29 is 8.42 Å². The topological polar surface area (TPSA) is 85.1 Å². The smallest absolute Gasteiger partial charge is 0.241 e. The Kier molecular flexibility index (Phi) is 3.69. The number of aromatic nitrogens is 1. The van der Waals surface area contributed by atoms with Gasteiger partial charge in [0, 0.05) is 18.1 Å². The Morgan fingerprint density at radius 2 is 2.05 bits per heavy atom. The first kappa shape index (κ1) is 14.4. The summed E-state index contributed by atoms with van der Waals surface area (Å²) in [6.45, 7) is 1.06. The van der Waals surface area contributed by atoms with E-state index in [1.54, 1.807) is 30.5 Å². The van der Waals surface area contributed by atoms with E-state index in [1.807, 2.05) is 6.07 Å². The number of sulfonamides is 1. The van der Waals surface area contributed by atoms with Crippen LogP contribution in [-0.4, -0.2) is 26.5 Å². The Hall–Kier alpha value is -1.50. The van der Waals surface area contributed by atoms with E-state index >= 15 is 0 Å². The van der Waals surface area contributed by atoms with Gasteiger partial charge in [0.2, 0.25) is 10.0 Å². The molecule has 5 nitrogen and oxygen atoms in total. The van der Waals surface area contributed by atoms with Crippen LogP contribution in [0.3, 0.4) is 0 Å². The Labute approximate surface area is 124 Å². The normalized spacial score (nSPS) is 17.0. The van der Waals surface area contributed by atoms with Crippen molar-refractivity contribution in [1.29, 1.82) is 0 Å². The molecule has 1 saturated carbocycles. The summed E-state index contributed by atoms with van der Waals surface area (Å²) in [5.41, 5.74) is 6.35. The lowest BCUT2D eigenvalue weighted by molar-refractivity contribution is 0.461. The van der Waals surface area contributed by atoms with Crippen molar-refractivity contribution >= 4 is 20.9 Å². The summed E-state index contributed by atoms with van der Waals surface area (Å²) in [5.74, 6) is 0. The molecule has 0 atom stereocenters. The monoisotopic (exact) mass is 305 g/mol. The number of fused-ring (bicyclic) bond motifs is 1. The SMILES string of the molecule is NCCC1(CNS(=O)(=O)c2cccc3ncccc23)CC1. The molecule has 3 N–H and O–H groups in total. The number of nitrogens with two attached hydrogens (primary N) is 1. The van der Waals surface area contributed by atoms with E-state index < -0.39 is 10.0 Å². The molecule has 21 heavy (non-hydrogen) atoms. The van der Waals surface area contributed by atoms with Crippen LogP contribution in [0.1, 0.15) is 19.3 Å². The van der Waals surface area contributed by atoms with Gasteiger partial charge in [-0.3, -0.25) is 4.98 Å². The minimum atomic E-state index is -3.53. The molecule has 1 aliphatic carbocycles. The predicted octanol–water partition coefficient (Wildman–Crippen LogP) is 1.64. The van der Waals surface area contributed by atoms with Crippen molar-refractivity contribution in [2.45, 2.75) is 24.2 Å². The zero-order chi connectivity index (χ0) is 14.9. The maximum atomic E-state index is 12.6. The van der Waals surface area contributed by atoms with Crippen LogP contribution in [0.15, 0.2) is 41.4 Å². The second-order valence-electron chi connectivity index (χ2n) is 5.69. The fourth-order valence-electron chi connectivity index (χ4n) is 2.63. The maximum Gasteiger partial charge on any atom is 0.241 e. The van der Waals surface area contributed by atoms with Gasteiger partial charge < -0.3 is 5.73 Å². The van der Waals surface area contributed by atoms with Crippen molar-refractivity contribution in [2.24, 2.45) is 11.1 Å². The summed E-state index contributed by atoms with van der Waals surface area (Å²) in [5, 5.41) is 0.649. The highest BCUT2D eigenvalue weighted by molar-refractivity contribution is 7.89. The molecule has 0 aliphatic heterocycles. The Morgan fingerprint density at radius 1 is 1.24 bits per heavy atom. The number of rotatable bonds is 6. The van der Waals surface area contributed by atoms with Gasteiger partial charge in [0.25, 0.3) is 0 Å². The van der Waals surface area contributed by atoms with Gasteiger partial charge in [0.1, 0.15) is 0 Å². The van der Waals surface area contributed by atoms with Crippen molar-refractivity contribution in [3.8, 4) is 0 Å². The molecule has 6 heteroatoms. The van der Waals surface area contributed by atoms with Crippen LogP contribution in [0.5, 0.6) is 0 Å². The Balaban J connectivity index is 1.87. The molecule has 0 bridgehead atoms. The predicted molar refractivity (Wildman–Crippen MR) is 82.3 cm³/mol. The molecule has 1 fully saturated rings. The van der Waals surface area contributed by atoms with E-state index in [1.165, 1.54) is 0 Å². The van der Waals surface area contributed by atoms with E-state index in [2.05, 4.69) is 9.71 Å². The number of hydrogen-bond donors (Lipinski definition) is 2. The highest BCUT2D eigenvalue weighted by Gasteiger charge is 2.42. The molecule has 2 aromatic rings. The van der Waals surface area contributed by atoms with Gasteiger partial charge in [-0.15, -0.1) is 0 Å². The molecule has 1 heterocycles. The summed E-state index contributed by atoms with van der Waals surface area (Å²) in [6, 6.07) is 8.68. The molecule has 0 saturated heterocycles. The maximum absolute atomic E-state index is 12.6. The Morgan fingerprint density at radius 3 is 2.76 bits per heavy atom. The van der Waals surface area contributed by atoms with Crippen LogP contribution < -0.4 is 10.5 Å². The standard InChI is InChI=1S/C15H19N3O2S/c16-9-8-15(6-7-15)11-18-21(19,20)14-5-1-4-13-12(14)3-2-10-17-13/h1-5,10,18H,6-9,11,16H2.